The van der Waals surface area contributed by atoms with Gasteiger partial charge in [0.25, 0.3) is 0 Å². The van der Waals surface area contributed by atoms with Crippen molar-refractivity contribution in [3.05, 3.63) is 0 Å². The molecule has 2 atom stereocenters. The molecule has 16 heavy (non-hydrogen) atoms. The molecule has 1 fully saturated rings. The number of amides is 2. The number of urea groups is 1. The average molecular weight is 229 g/mol. The van der Waals surface area contributed by atoms with Gasteiger partial charge >= 0.3 is 6.03 Å². The first-order valence-corrected chi connectivity index (χ1v) is 5.96. The molecule has 0 aromatic rings. The van der Waals surface area contributed by atoms with E-state index in [1.165, 1.54) is 0 Å². The van der Waals surface area contributed by atoms with Crippen molar-refractivity contribution in [2.75, 3.05) is 19.8 Å². The summed E-state index contributed by atoms with van der Waals surface area (Å²) < 4.78 is 5.20. The van der Waals surface area contributed by atoms with E-state index < -0.39 is 0 Å². The molecular formula is C11H23N3O2. The summed E-state index contributed by atoms with van der Waals surface area (Å²) in [5, 5.41) is 5.90. The third-order valence-corrected chi connectivity index (χ3v) is 3.16. The van der Waals surface area contributed by atoms with Gasteiger partial charge in [-0.15, -0.1) is 0 Å². The average Bonchev–Trinajstić information content (AvgIpc) is 2.70. The van der Waals surface area contributed by atoms with Crippen LogP contribution in [-0.4, -0.2) is 37.4 Å². The van der Waals surface area contributed by atoms with E-state index in [0.29, 0.717) is 13.2 Å². The highest BCUT2D eigenvalue weighted by atomic mass is 16.5. The van der Waals surface area contributed by atoms with E-state index in [1.807, 2.05) is 6.92 Å². The van der Waals surface area contributed by atoms with Crippen molar-refractivity contribution in [1.82, 2.24) is 10.6 Å². The first-order valence-electron chi connectivity index (χ1n) is 5.96. The standard InChI is InChI=1S/C11H23N3O2/c1-3-11(2,5-6-12)14-10(15)13-9-4-7-16-8-9/h9H,3-8,12H2,1-2H3,(H2,13,14,15). The van der Waals surface area contributed by atoms with E-state index >= 15 is 0 Å². The van der Waals surface area contributed by atoms with Crippen LogP contribution >= 0.6 is 0 Å². The monoisotopic (exact) mass is 229 g/mol. The zero-order valence-corrected chi connectivity index (χ0v) is 10.2. The molecule has 0 spiro atoms. The Morgan fingerprint density at radius 1 is 1.62 bits per heavy atom. The van der Waals surface area contributed by atoms with Crippen LogP contribution in [0.15, 0.2) is 0 Å². The van der Waals surface area contributed by atoms with E-state index in [9.17, 15) is 4.79 Å². The Balaban J connectivity index is 2.35. The maximum Gasteiger partial charge on any atom is 0.315 e. The molecule has 1 saturated heterocycles. The third kappa shape index (κ3) is 3.98. The lowest BCUT2D eigenvalue weighted by atomic mass is 9.95. The Bertz CT molecular complexity index is 229. The third-order valence-electron chi connectivity index (χ3n) is 3.16. The fraction of sp³-hybridized carbons (Fsp3) is 0.909. The van der Waals surface area contributed by atoms with Gasteiger partial charge in [-0.2, -0.15) is 0 Å². The number of rotatable bonds is 5. The zero-order valence-electron chi connectivity index (χ0n) is 10.2. The first kappa shape index (κ1) is 13.3. The Labute approximate surface area is 97.1 Å². The molecule has 2 amide bonds. The molecule has 0 saturated carbocycles. The van der Waals surface area contributed by atoms with E-state index in [4.69, 9.17) is 10.5 Å². The molecule has 0 aromatic carbocycles. The van der Waals surface area contributed by atoms with Crippen LogP contribution in [0, 0.1) is 0 Å². The van der Waals surface area contributed by atoms with Crippen molar-refractivity contribution in [3.63, 3.8) is 0 Å². The van der Waals surface area contributed by atoms with Gasteiger partial charge in [-0.1, -0.05) is 6.92 Å². The van der Waals surface area contributed by atoms with E-state index in [0.717, 1.165) is 25.9 Å². The van der Waals surface area contributed by atoms with Crippen molar-refractivity contribution >= 4 is 6.03 Å². The number of nitrogens with two attached hydrogens (primary N) is 1. The minimum Gasteiger partial charge on any atom is -0.379 e. The van der Waals surface area contributed by atoms with Crippen molar-refractivity contribution < 1.29 is 9.53 Å². The minimum absolute atomic E-state index is 0.117. The Morgan fingerprint density at radius 2 is 2.38 bits per heavy atom. The van der Waals surface area contributed by atoms with Crippen molar-refractivity contribution in [1.29, 1.82) is 0 Å². The Hall–Kier alpha value is -0.810. The number of hydrogen-bond acceptors (Lipinski definition) is 3. The molecule has 0 aromatic heterocycles. The summed E-state index contributed by atoms with van der Waals surface area (Å²) in [5.41, 5.74) is 5.33. The summed E-state index contributed by atoms with van der Waals surface area (Å²) in [5.74, 6) is 0. The smallest absolute Gasteiger partial charge is 0.315 e. The summed E-state index contributed by atoms with van der Waals surface area (Å²) in [6.45, 7) is 6.00. The molecule has 0 radical (unpaired) electrons. The van der Waals surface area contributed by atoms with Crippen LogP contribution < -0.4 is 16.4 Å². The number of nitrogens with one attached hydrogen (secondary N) is 2. The molecule has 1 heterocycles. The molecule has 5 nitrogen and oxygen atoms in total. The highest BCUT2D eigenvalue weighted by molar-refractivity contribution is 5.75. The van der Waals surface area contributed by atoms with Gasteiger partial charge in [0.15, 0.2) is 0 Å². The highest BCUT2D eigenvalue weighted by Crippen LogP contribution is 2.13. The second kappa shape index (κ2) is 6.06. The largest absolute Gasteiger partial charge is 0.379 e. The summed E-state index contributed by atoms with van der Waals surface area (Å²) in [4.78, 5) is 11.7. The summed E-state index contributed by atoms with van der Waals surface area (Å²) in [6.07, 6.45) is 2.56. The molecule has 1 aliphatic heterocycles. The van der Waals surface area contributed by atoms with E-state index in [2.05, 4.69) is 17.6 Å². The molecule has 0 aliphatic carbocycles. The van der Waals surface area contributed by atoms with E-state index in [1.54, 1.807) is 0 Å². The van der Waals surface area contributed by atoms with Crippen LogP contribution in [0.1, 0.15) is 33.1 Å². The van der Waals surface area contributed by atoms with Crippen LogP contribution in [0.5, 0.6) is 0 Å². The molecule has 2 unspecified atom stereocenters. The second-order valence-electron chi connectivity index (χ2n) is 4.61. The first-order chi connectivity index (χ1) is 7.59. The molecule has 94 valence electrons. The van der Waals surface area contributed by atoms with Gasteiger partial charge in [-0.3, -0.25) is 0 Å². The van der Waals surface area contributed by atoms with Gasteiger partial charge in [0, 0.05) is 12.1 Å². The summed E-state index contributed by atoms with van der Waals surface area (Å²) in [7, 11) is 0. The van der Waals surface area contributed by atoms with Crippen molar-refractivity contribution in [2.24, 2.45) is 5.73 Å². The predicted octanol–water partition coefficient (Wildman–Crippen LogP) is 0.592. The van der Waals surface area contributed by atoms with Crippen molar-refractivity contribution in [3.8, 4) is 0 Å². The maximum absolute atomic E-state index is 11.7. The number of carbonyl (C=O) groups excluding carboxylic acids is 1. The Morgan fingerprint density at radius 3 is 2.88 bits per heavy atom. The molecular weight excluding hydrogens is 206 g/mol. The van der Waals surface area contributed by atoms with Gasteiger partial charge in [0.05, 0.1) is 12.6 Å². The number of hydrogen-bond donors (Lipinski definition) is 3. The van der Waals surface area contributed by atoms with Crippen molar-refractivity contribution in [2.45, 2.75) is 44.7 Å². The van der Waals surface area contributed by atoms with Gasteiger partial charge in [0.1, 0.15) is 0 Å². The normalized spacial score (nSPS) is 23.8. The fourth-order valence-corrected chi connectivity index (χ4v) is 1.79. The van der Waals surface area contributed by atoms with Gasteiger partial charge < -0.3 is 21.1 Å². The Kier molecular flexibility index (Phi) is 5.02. The molecule has 1 aliphatic rings. The van der Waals surface area contributed by atoms with Crippen LogP contribution in [-0.2, 0) is 4.74 Å². The highest BCUT2D eigenvalue weighted by Gasteiger charge is 2.25. The quantitative estimate of drug-likeness (QED) is 0.646. The van der Waals surface area contributed by atoms with Gasteiger partial charge in [0.2, 0.25) is 0 Å². The fourth-order valence-electron chi connectivity index (χ4n) is 1.79. The van der Waals surface area contributed by atoms with Crippen LogP contribution in [0.25, 0.3) is 0 Å². The van der Waals surface area contributed by atoms with Crippen LogP contribution in [0.3, 0.4) is 0 Å². The summed E-state index contributed by atoms with van der Waals surface area (Å²) >= 11 is 0. The number of ether oxygens (including phenoxy) is 1. The van der Waals surface area contributed by atoms with Crippen LogP contribution in [0.2, 0.25) is 0 Å². The lowest BCUT2D eigenvalue weighted by molar-refractivity contribution is 0.186. The molecule has 0 bridgehead atoms. The van der Waals surface area contributed by atoms with Gasteiger partial charge in [-0.05, 0) is 32.7 Å². The topological polar surface area (TPSA) is 76.4 Å². The van der Waals surface area contributed by atoms with Gasteiger partial charge in [-0.25, -0.2) is 4.79 Å². The minimum atomic E-state index is -0.210. The lowest BCUT2D eigenvalue weighted by Gasteiger charge is -2.29. The zero-order chi connectivity index (χ0) is 12.0. The molecule has 5 heteroatoms. The van der Waals surface area contributed by atoms with E-state index in [-0.39, 0.29) is 17.6 Å². The lowest BCUT2D eigenvalue weighted by Crippen LogP contribution is -2.53. The van der Waals surface area contributed by atoms with Crippen LogP contribution in [0.4, 0.5) is 4.79 Å². The predicted molar refractivity (Wildman–Crippen MR) is 63.3 cm³/mol. The maximum atomic E-state index is 11.7. The molecule has 4 N–H and O–H groups in total. The second-order valence-corrected chi connectivity index (χ2v) is 4.61. The SMILES string of the molecule is CCC(C)(CCN)NC(=O)NC1CCOC1. The number of carbonyl (C=O) groups is 1. The molecule has 1 rings (SSSR count). The summed E-state index contributed by atoms with van der Waals surface area (Å²) in [6, 6.07) is 0.0345.